The monoisotopic (exact) mass is 525 g/mol. The fraction of sp³-hybridized carbons (Fsp3) is 0.706. The maximum Gasteiger partial charge on any atom is 0.268 e. The van der Waals surface area contributed by atoms with Crippen LogP contribution in [0.15, 0.2) is 33.9 Å². The Morgan fingerprint density at radius 1 is 0.526 bits per heavy atom. The van der Waals surface area contributed by atoms with E-state index in [1.807, 2.05) is 24.3 Å². The van der Waals surface area contributed by atoms with Crippen molar-refractivity contribution in [3.8, 4) is 16.9 Å². The van der Waals surface area contributed by atoms with E-state index < -0.39 is 16.6 Å². The number of benzene rings is 1. The normalized spacial score (nSPS) is 11.4. The summed E-state index contributed by atoms with van der Waals surface area (Å²) in [4.78, 5) is 25.7. The van der Waals surface area contributed by atoms with Gasteiger partial charge in [-0.1, -0.05) is 142 Å². The molecule has 0 aromatic heterocycles. The van der Waals surface area contributed by atoms with Gasteiger partial charge in [-0.2, -0.15) is 0 Å². The van der Waals surface area contributed by atoms with Crippen LogP contribution in [0, 0.1) is 0 Å². The highest BCUT2D eigenvalue weighted by atomic mass is 16.3. The number of unbranched alkanes of at least 4 members (excludes halogenated alkanes) is 18. The van der Waals surface area contributed by atoms with Gasteiger partial charge >= 0.3 is 0 Å². The minimum atomic E-state index is -0.771. The average molecular weight is 526 g/mol. The summed E-state index contributed by atoms with van der Waals surface area (Å²) in [6, 6.07) is 7.82. The minimum absolute atomic E-state index is 0.164. The molecule has 0 aliphatic heterocycles. The van der Waals surface area contributed by atoms with Gasteiger partial charge in [0.25, 0.3) is 5.43 Å². The topological polar surface area (TPSA) is 57.6 Å². The molecule has 0 unspecified atom stereocenters. The van der Waals surface area contributed by atoms with E-state index in [-0.39, 0.29) is 5.56 Å². The van der Waals surface area contributed by atoms with Crippen LogP contribution in [0.25, 0.3) is 11.1 Å². The van der Waals surface area contributed by atoms with Crippen molar-refractivity contribution < 1.29 is 5.11 Å². The van der Waals surface area contributed by atoms with E-state index in [1.54, 1.807) is 0 Å². The number of nitrogens with zero attached hydrogens (tertiary/aromatic N) is 1. The van der Waals surface area contributed by atoms with Crippen LogP contribution in [0.1, 0.15) is 142 Å². The van der Waals surface area contributed by atoms with Crippen LogP contribution in [0.4, 0.5) is 5.69 Å². The molecule has 0 amide bonds. The third-order valence-corrected chi connectivity index (χ3v) is 7.97. The van der Waals surface area contributed by atoms with Crippen LogP contribution in [-0.2, 0) is 0 Å². The van der Waals surface area contributed by atoms with Crippen molar-refractivity contribution >= 4 is 5.69 Å². The van der Waals surface area contributed by atoms with Crippen LogP contribution < -0.4 is 15.8 Å². The Balaban J connectivity index is 1.76. The van der Waals surface area contributed by atoms with Gasteiger partial charge in [-0.3, -0.25) is 9.59 Å². The van der Waals surface area contributed by atoms with Crippen molar-refractivity contribution in [1.29, 1.82) is 0 Å². The highest BCUT2D eigenvalue weighted by Gasteiger charge is 2.21. The first-order valence-electron chi connectivity index (χ1n) is 16.0. The van der Waals surface area contributed by atoms with E-state index >= 15 is 0 Å². The Morgan fingerprint density at radius 2 is 0.895 bits per heavy atom. The largest absolute Gasteiger partial charge is 0.503 e. The molecule has 0 bridgehead atoms. The molecule has 1 N–H and O–H groups in total. The van der Waals surface area contributed by atoms with E-state index in [4.69, 9.17) is 0 Å². The summed E-state index contributed by atoms with van der Waals surface area (Å²) >= 11 is 0. The predicted molar refractivity (Wildman–Crippen MR) is 164 cm³/mol. The van der Waals surface area contributed by atoms with Gasteiger partial charge in [-0.15, -0.1) is 0 Å². The van der Waals surface area contributed by atoms with Crippen LogP contribution >= 0.6 is 0 Å². The Bertz CT molecular complexity index is 902. The lowest BCUT2D eigenvalue weighted by atomic mass is 9.99. The molecule has 0 saturated carbocycles. The molecule has 4 nitrogen and oxygen atoms in total. The fourth-order valence-electron chi connectivity index (χ4n) is 5.44. The second kappa shape index (κ2) is 19.9. The third kappa shape index (κ3) is 11.7. The highest BCUT2D eigenvalue weighted by molar-refractivity contribution is 5.74. The molecule has 0 aliphatic carbocycles. The van der Waals surface area contributed by atoms with Crippen LogP contribution in [0.3, 0.4) is 0 Å². The minimum Gasteiger partial charge on any atom is -0.503 e. The second-order valence-electron chi connectivity index (χ2n) is 11.3. The summed E-state index contributed by atoms with van der Waals surface area (Å²) in [7, 11) is 0. The molecule has 2 aromatic rings. The summed E-state index contributed by atoms with van der Waals surface area (Å²) in [6.45, 7) is 6.65. The Labute approximate surface area is 232 Å². The first-order chi connectivity index (χ1) is 18.6. The van der Waals surface area contributed by atoms with E-state index in [9.17, 15) is 14.7 Å². The first-order valence-corrected chi connectivity index (χ1v) is 16.0. The number of aromatic hydroxyl groups is 1. The van der Waals surface area contributed by atoms with Crippen molar-refractivity contribution in [2.75, 3.05) is 18.0 Å². The molecule has 0 aliphatic rings. The predicted octanol–water partition coefficient (Wildman–Crippen LogP) is 9.30. The van der Waals surface area contributed by atoms with Crippen molar-refractivity contribution in [2.45, 2.75) is 142 Å². The van der Waals surface area contributed by atoms with E-state index in [1.165, 1.54) is 134 Å². The smallest absolute Gasteiger partial charge is 0.268 e. The Morgan fingerprint density at radius 3 is 1.26 bits per heavy atom. The van der Waals surface area contributed by atoms with Crippen LogP contribution in [-0.4, -0.2) is 18.2 Å². The molecule has 38 heavy (non-hydrogen) atoms. The summed E-state index contributed by atoms with van der Waals surface area (Å²) in [5.41, 5.74) is 0.611. The molecule has 2 rings (SSSR count). The lowest BCUT2D eigenvalue weighted by molar-refractivity contribution is 0.465. The van der Waals surface area contributed by atoms with Gasteiger partial charge in [0.05, 0.1) is 5.56 Å². The number of hydrogen-bond acceptors (Lipinski definition) is 4. The first kappa shape index (κ1) is 32.1. The zero-order chi connectivity index (χ0) is 27.4. The molecule has 0 fully saturated rings. The standard InChI is InChI=1S/C34H55NO3/c1-3-5-7-9-11-13-15-17-19-21-27-35(28-22-20-18-16-14-12-10-8-6-4-2)30-25-23-29(24-26-30)31-32(36)34(38)33(31)37/h23-26,36H,3-22,27-28H2,1-2H3. The van der Waals surface area contributed by atoms with Crippen molar-refractivity contribution in [1.82, 2.24) is 0 Å². The van der Waals surface area contributed by atoms with E-state index in [0.29, 0.717) is 5.56 Å². The fourth-order valence-corrected chi connectivity index (χ4v) is 5.44. The van der Waals surface area contributed by atoms with Crippen molar-refractivity contribution in [2.24, 2.45) is 0 Å². The maximum absolute atomic E-state index is 11.8. The van der Waals surface area contributed by atoms with Crippen molar-refractivity contribution in [3.63, 3.8) is 0 Å². The Kier molecular flexibility index (Phi) is 16.8. The summed E-state index contributed by atoms with van der Waals surface area (Å²) in [5.74, 6) is -0.393. The third-order valence-electron chi connectivity index (χ3n) is 7.97. The molecule has 214 valence electrons. The number of anilines is 1. The van der Waals surface area contributed by atoms with Crippen LogP contribution in [0.5, 0.6) is 5.75 Å². The van der Waals surface area contributed by atoms with Gasteiger partial charge in [-0.25, -0.2) is 0 Å². The molecule has 0 atom stereocenters. The summed E-state index contributed by atoms with van der Waals surface area (Å²) < 4.78 is 0. The van der Waals surface area contributed by atoms with Gasteiger partial charge in [-0.05, 0) is 30.5 Å². The van der Waals surface area contributed by atoms with Gasteiger partial charge in [0.15, 0.2) is 5.75 Å². The molecule has 4 heteroatoms. The Hall–Kier alpha value is -2.10. The van der Waals surface area contributed by atoms with Crippen LogP contribution in [0.2, 0.25) is 0 Å². The quantitative estimate of drug-likeness (QED) is 0.110. The molecule has 0 radical (unpaired) electrons. The van der Waals surface area contributed by atoms with Gasteiger partial charge in [0.1, 0.15) is 0 Å². The molecule has 0 spiro atoms. The van der Waals surface area contributed by atoms with Gasteiger partial charge in [0, 0.05) is 18.8 Å². The zero-order valence-corrected chi connectivity index (χ0v) is 24.6. The highest BCUT2D eigenvalue weighted by Crippen LogP contribution is 2.27. The summed E-state index contributed by atoms with van der Waals surface area (Å²) in [5, 5.41) is 9.79. The molecular formula is C34H55NO3. The van der Waals surface area contributed by atoms with E-state index in [2.05, 4.69) is 18.7 Å². The summed E-state index contributed by atoms with van der Waals surface area (Å²) in [6.07, 6.45) is 26.8. The maximum atomic E-state index is 11.8. The lowest BCUT2D eigenvalue weighted by Gasteiger charge is -2.25. The molecule has 2 aromatic carbocycles. The SMILES string of the molecule is CCCCCCCCCCCCN(CCCCCCCCCCCC)c1ccc(-c2c(O)c(=O)c2=O)cc1. The molecule has 0 heterocycles. The number of hydrogen-bond donors (Lipinski definition) is 1. The lowest BCUT2D eigenvalue weighted by Crippen LogP contribution is -2.31. The average Bonchev–Trinajstić information content (AvgIpc) is 2.94. The van der Waals surface area contributed by atoms with Gasteiger partial charge < -0.3 is 10.0 Å². The second-order valence-corrected chi connectivity index (χ2v) is 11.3. The molecular weight excluding hydrogens is 470 g/mol. The van der Waals surface area contributed by atoms with Crippen molar-refractivity contribution in [3.05, 3.63) is 44.7 Å². The van der Waals surface area contributed by atoms with E-state index in [0.717, 1.165) is 13.1 Å². The number of rotatable bonds is 24. The zero-order valence-electron chi connectivity index (χ0n) is 24.6. The molecule has 0 saturated heterocycles. The van der Waals surface area contributed by atoms with Gasteiger partial charge in [0.2, 0.25) is 5.43 Å².